The Kier molecular flexibility index (Phi) is 3.31. The Morgan fingerprint density at radius 1 is 1.07 bits per heavy atom. The van der Waals surface area contributed by atoms with Gasteiger partial charge in [0.25, 0.3) is 0 Å². The summed E-state index contributed by atoms with van der Waals surface area (Å²) in [5.74, 6) is 0.831. The Bertz CT molecular complexity index is 1000. The number of hydrogen-bond donors (Lipinski definition) is 1. The summed E-state index contributed by atoms with van der Waals surface area (Å²) in [7, 11) is 0. The van der Waals surface area contributed by atoms with Gasteiger partial charge in [0.05, 0.1) is 5.41 Å². The quantitative estimate of drug-likeness (QED) is 0.759. The molecule has 1 aromatic carbocycles. The second kappa shape index (κ2) is 5.24. The van der Waals surface area contributed by atoms with Crippen molar-refractivity contribution < 1.29 is 9.21 Å². The molecule has 4 saturated carbocycles. The molecule has 0 radical (unpaired) electrons. The van der Waals surface area contributed by atoms with Crippen molar-refractivity contribution in [1.29, 1.82) is 0 Å². The van der Waals surface area contributed by atoms with Crippen LogP contribution < -0.4 is 10.9 Å². The van der Waals surface area contributed by atoms with Gasteiger partial charge < -0.3 is 9.73 Å². The van der Waals surface area contributed by atoms with Crippen molar-refractivity contribution in [3.8, 4) is 0 Å². The van der Waals surface area contributed by atoms with Gasteiger partial charge in [-0.15, -0.1) is 0 Å². The van der Waals surface area contributed by atoms with Gasteiger partial charge in [0.15, 0.2) is 0 Å². The van der Waals surface area contributed by atoms with Gasteiger partial charge in [-0.2, -0.15) is 0 Å². The summed E-state index contributed by atoms with van der Waals surface area (Å²) in [4.78, 5) is 25.1. The number of benzene rings is 1. The van der Waals surface area contributed by atoms with Crippen molar-refractivity contribution >= 4 is 22.6 Å². The molecule has 1 N–H and O–H groups in total. The average molecular weight is 365 g/mol. The van der Waals surface area contributed by atoms with E-state index >= 15 is 0 Å². The topological polar surface area (TPSA) is 59.3 Å². The lowest BCUT2D eigenvalue weighted by molar-refractivity contribution is -0.165. The fraction of sp³-hybridized carbons (Fsp3) is 0.565. The van der Waals surface area contributed by atoms with E-state index in [0.29, 0.717) is 28.0 Å². The minimum absolute atomic E-state index is 0.151. The largest absolute Gasteiger partial charge is 0.423 e. The third-order valence-electron chi connectivity index (χ3n) is 7.32. The van der Waals surface area contributed by atoms with Crippen molar-refractivity contribution in [2.24, 2.45) is 22.2 Å². The number of rotatable bonds is 2. The molecule has 4 fully saturated rings. The second-order valence-corrected chi connectivity index (χ2v) is 10.3. The molecule has 4 nitrogen and oxygen atoms in total. The van der Waals surface area contributed by atoms with E-state index in [4.69, 9.17) is 4.42 Å². The highest BCUT2D eigenvalue weighted by molar-refractivity contribution is 5.97. The number of nitrogens with one attached hydrogen (secondary N) is 1. The number of aryl methyl sites for hydroxylation is 1. The van der Waals surface area contributed by atoms with E-state index in [0.717, 1.165) is 30.2 Å². The molecule has 27 heavy (non-hydrogen) atoms. The lowest BCUT2D eigenvalue weighted by atomic mass is 9.40. The van der Waals surface area contributed by atoms with Gasteiger partial charge in [-0.25, -0.2) is 4.79 Å². The molecule has 4 aliphatic rings. The van der Waals surface area contributed by atoms with Crippen molar-refractivity contribution in [3.63, 3.8) is 0 Å². The van der Waals surface area contributed by atoms with E-state index in [2.05, 4.69) is 19.2 Å². The first-order chi connectivity index (χ1) is 12.7. The second-order valence-electron chi connectivity index (χ2n) is 10.3. The van der Waals surface area contributed by atoms with Crippen molar-refractivity contribution in [1.82, 2.24) is 0 Å². The first-order valence-corrected chi connectivity index (χ1v) is 10.0. The van der Waals surface area contributed by atoms with Crippen LogP contribution in [0.15, 0.2) is 33.5 Å². The third kappa shape index (κ3) is 2.64. The molecule has 4 aliphatic carbocycles. The molecule has 1 amide bonds. The van der Waals surface area contributed by atoms with Crippen LogP contribution >= 0.6 is 0 Å². The molecular weight excluding hydrogens is 338 g/mol. The standard InChI is InChI=1S/C23H27NO3/c1-14-6-19(25)27-18-7-16(4-5-17(14)18)24-20(26)23-10-15-8-21(2,12-23)11-22(3,9-15)13-23/h4-7,15H,8-13H2,1-3H3,(H,24,26)/t15?,21-,22-,23?/m0/s1. The molecule has 4 bridgehead atoms. The summed E-state index contributed by atoms with van der Waals surface area (Å²) in [6.45, 7) is 6.66. The van der Waals surface area contributed by atoms with Crippen LogP contribution in [0.1, 0.15) is 57.9 Å². The van der Waals surface area contributed by atoms with Gasteiger partial charge >= 0.3 is 5.63 Å². The zero-order valence-electron chi connectivity index (χ0n) is 16.4. The monoisotopic (exact) mass is 365 g/mol. The molecule has 2 atom stereocenters. The van der Waals surface area contributed by atoms with E-state index < -0.39 is 0 Å². The molecule has 1 aromatic heterocycles. The van der Waals surface area contributed by atoms with E-state index in [1.165, 1.54) is 25.3 Å². The van der Waals surface area contributed by atoms with E-state index in [1.807, 2.05) is 19.1 Å². The van der Waals surface area contributed by atoms with Crippen LogP contribution in [0.25, 0.3) is 11.0 Å². The van der Waals surface area contributed by atoms with Crippen molar-refractivity contribution in [2.45, 2.75) is 59.3 Å². The van der Waals surface area contributed by atoms with Crippen LogP contribution in [0.5, 0.6) is 0 Å². The Morgan fingerprint density at radius 2 is 1.78 bits per heavy atom. The highest BCUT2D eigenvalue weighted by Gasteiger charge is 2.62. The molecule has 4 heteroatoms. The highest BCUT2D eigenvalue weighted by atomic mass is 16.4. The maximum absolute atomic E-state index is 13.4. The Hall–Kier alpha value is -2.10. The molecule has 0 unspecified atom stereocenters. The van der Waals surface area contributed by atoms with Gasteiger partial charge in [0, 0.05) is 23.2 Å². The lowest BCUT2D eigenvalue weighted by Crippen LogP contribution is -2.58. The predicted octanol–water partition coefficient (Wildman–Crippen LogP) is 5.04. The maximum atomic E-state index is 13.4. The highest BCUT2D eigenvalue weighted by Crippen LogP contribution is 2.69. The molecule has 142 valence electrons. The lowest BCUT2D eigenvalue weighted by Gasteiger charge is -2.64. The summed E-state index contributed by atoms with van der Waals surface area (Å²) in [6.07, 6.45) is 6.83. The summed E-state index contributed by atoms with van der Waals surface area (Å²) >= 11 is 0. The summed E-state index contributed by atoms with van der Waals surface area (Å²) in [5.41, 5.74) is 2.14. The number of carbonyl (C=O) groups is 1. The smallest absolute Gasteiger partial charge is 0.336 e. The van der Waals surface area contributed by atoms with Crippen molar-refractivity contribution in [3.05, 3.63) is 40.2 Å². The molecule has 0 spiro atoms. The molecule has 1 heterocycles. The molecule has 0 aliphatic heterocycles. The van der Waals surface area contributed by atoms with Gasteiger partial charge in [-0.3, -0.25) is 4.79 Å². The predicted molar refractivity (Wildman–Crippen MR) is 106 cm³/mol. The third-order valence-corrected chi connectivity index (χ3v) is 7.32. The molecule has 0 saturated heterocycles. The van der Waals surface area contributed by atoms with Crippen LogP contribution in [0.3, 0.4) is 0 Å². The summed E-state index contributed by atoms with van der Waals surface area (Å²) < 4.78 is 5.34. The van der Waals surface area contributed by atoms with Gasteiger partial charge in [0.1, 0.15) is 5.58 Å². The van der Waals surface area contributed by atoms with Gasteiger partial charge in [0.2, 0.25) is 5.91 Å². The fourth-order valence-corrected chi connectivity index (χ4v) is 7.37. The SMILES string of the molecule is Cc1cc(=O)oc2cc(NC(=O)C34CC5C[C@](C)(C3)C[C@](C)(C5)C4)ccc12. The fourth-order valence-electron chi connectivity index (χ4n) is 7.37. The number of carbonyl (C=O) groups excluding carboxylic acids is 1. The molecule has 2 aromatic rings. The number of anilines is 1. The minimum atomic E-state index is -0.356. The summed E-state index contributed by atoms with van der Waals surface area (Å²) in [6, 6.07) is 7.12. The zero-order chi connectivity index (χ0) is 19.0. The average Bonchev–Trinajstić information content (AvgIpc) is 2.50. The minimum Gasteiger partial charge on any atom is -0.423 e. The summed E-state index contributed by atoms with van der Waals surface area (Å²) in [5, 5.41) is 4.07. The van der Waals surface area contributed by atoms with E-state index in [9.17, 15) is 9.59 Å². The zero-order valence-corrected chi connectivity index (χ0v) is 16.4. The Labute approximate surface area is 159 Å². The molecule has 6 rings (SSSR count). The number of fused-ring (bicyclic) bond motifs is 1. The van der Waals surface area contributed by atoms with E-state index in [1.54, 1.807) is 6.07 Å². The Morgan fingerprint density at radius 3 is 2.44 bits per heavy atom. The number of amides is 1. The van der Waals surface area contributed by atoms with Gasteiger partial charge in [-0.1, -0.05) is 13.8 Å². The van der Waals surface area contributed by atoms with Crippen LogP contribution in [0.4, 0.5) is 5.69 Å². The van der Waals surface area contributed by atoms with E-state index in [-0.39, 0.29) is 16.9 Å². The van der Waals surface area contributed by atoms with Crippen LogP contribution in [-0.4, -0.2) is 5.91 Å². The Balaban J connectivity index is 1.47. The van der Waals surface area contributed by atoms with Gasteiger partial charge in [-0.05, 0) is 79.9 Å². The van der Waals surface area contributed by atoms with Crippen LogP contribution in [0, 0.1) is 29.1 Å². The first-order valence-electron chi connectivity index (χ1n) is 10.0. The number of hydrogen-bond acceptors (Lipinski definition) is 3. The van der Waals surface area contributed by atoms with Crippen molar-refractivity contribution in [2.75, 3.05) is 5.32 Å². The molecular formula is C23H27NO3. The van der Waals surface area contributed by atoms with Crippen LogP contribution in [0.2, 0.25) is 0 Å². The maximum Gasteiger partial charge on any atom is 0.336 e. The normalized spacial score (nSPS) is 36.9. The van der Waals surface area contributed by atoms with Crippen LogP contribution in [-0.2, 0) is 4.79 Å². The first kappa shape index (κ1) is 17.0.